The van der Waals surface area contributed by atoms with Gasteiger partial charge in [-0.25, -0.2) is 0 Å². The zero-order valence-electron chi connectivity index (χ0n) is 12.5. The van der Waals surface area contributed by atoms with Crippen LogP contribution in [0.2, 0.25) is 0 Å². The fraction of sp³-hybridized carbons (Fsp3) is 0.125. The average molecular weight is 314 g/mol. The molecule has 2 aromatic carbocycles. The third-order valence-corrected chi connectivity index (χ3v) is 2.28. The molecule has 0 saturated heterocycles. The first-order valence-corrected chi connectivity index (χ1v) is 7.04. The first-order chi connectivity index (χ1) is 10.6. The molecule has 0 heterocycles. The molecule has 6 heteroatoms. The van der Waals surface area contributed by atoms with Gasteiger partial charge in [0.2, 0.25) is 5.11 Å². The van der Waals surface area contributed by atoms with Crippen molar-refractivity contribution in [2.24, 2.45) is 10.2 Å². The largest absolute Gasteiger partial charge is 0.300 e. The second-order valence-electron chi connectivity index (χ2n) is 4.36. The summed E-state index contributed by atoms with van der Waals surface area (Å²) in [5.41, 5.74) is 7.40. The Balaban J connectivity index is 0.000000541. The topological polar surface area (TPSA) is 65.8 Å². The molecule has 22 heavy (non-hydrogen) atoms. The van der Waals surface area contributed by atoms with E-state index in [1.165, 1.54) is 13.8 Å². The SMILES string of the molecule is CC(C)=O.S=C(/N=N/c1ccccc1)NNc1ccccc1. The van der Waals surface area contributed by atoms with E-state index >= 15 is 0 Å². The molecule has 0 aliphatic carbocycles. The van der Waals surface area contributed by atoms with Gasteiger partial charge in [0.05, 0.1) is 11.4 Å². The number of hydrogen-bond acceptors (Lipinski definition) is 4. The zero-order valence-corrected chi connectivity index (χ0v) is 13.3. The molecule has 0 aliphatic heterocycles. The molecule has 0 fully saturated rings. The van der Waals surface area contributed by atoms with Crippen LogP contribution in [0.15, 0.2) is 70.9 Å². The number of rotatable bonds is 3. The lowest BCUT2D eigenvalue weighted by atomic mass is 10.3. The van der Waals surface area contributed by atoms with E-state index in [0.717, 1.165) is 11.4 Å². The molecule has 2 rings (SSSR count). The van der Waals surface area contributed by atoms with Crippen molar-refractivity contribution in [2.45, 2.75) is 13.8 Å². The van der Waals surface area contributed by atoms with Gasteiger partial charge in [0.15, 0.2) is 0 Å². The smallest absolute Gasteiger partial charge is 0.232 e. The molecule has 0 amide bonds. The zero-order chi connectivity index (χ0) is 16.2. The van der Waals surface area contributed by atoms with Gasteiger partial charge in [-0.05, 0) is 50.3 Å². The number of anilines is 1. The number of carbonyl (C=O) groups is 1. The Kier molecular flexibility index (Phi) is 8.07. The van der Waals surface area contributed by atoms with Crippen molar-refractivity contribution in [3.05, 3.63) is 60.7 Å². The molecule has 0 aromatic heterocycles. The van der Waals surface area contributed by atoms with Crippen LogP contribution in [0, 0.1) is 0 Å². The van der Waals surface area contributed by atoms with Crippen molar-refractivity contribution in [3.8, 4) is 0 Å². The number of nitrogens with zero attached hydrogens (tertiary/aromatic N) is 2. The molecule has 0 bridgehead atoms. The summed E-state index contributed by atoms with van der Waals surface area (Å²) in [5, 5.41) is 8.17. The number of azo groups is 1. The van der Waals surface area contributed by atoms with Gasteiger partial charge >= 0.3 is 0 Å². The average Bonchev–Trinajstić information content (AvgIpc) is 2.52. The predicted molar refractivity (Wildman–Crippen MR) is 93.1 cm³/mol. The van der Waals surface area contributed by atoms with Gasteiger partial charge < -0.3 is 4.79 Å². The van der Waals surface area contributed by atoms with Gasteiger partial charge in [-0.15, -0.1) is 10.2 Å². The maximum atomic E-state index is 9.44. The summed E-state index contributed by atoms with van der Waals surface area (Å²) < 4.78 is 0. The van der Waals surface area contributed by atoms with Crippen LogP contribution in [0.4, 0.5) is 11.4 Å². The van der Waals surface area contributed by atoms with E-state index in [1.807, 2.05) is 60.7 Å². The number of para-hydroxylation sites is 1. The summed E-state index contributed by atoms with van der Waals surface area (Å²) in [6, 6.07) is 19.1. The summed E-state index contributed by atoms with van der Waals surface area (Å²) in [4.78, 5) is 9.44. The highest BCUT2D eigenvalue weighted by atomic mass is 32.1. The maximum Gasteiger partial charge on any atom is 0.232 e. The van der Waals surface area contributed by atoms with Crippen LogP contribution in [0.5, 0.6) is 0 Å². The summed E-state index contributed by atoms with van der Waals surface area (Å²) in [7, 11) is 0. The fourth-order valence-electron chi connectivity index (χ4n) is 1.27. The van der Waals surface area contributed by atoms with E-state index in [0.29, 0.717) is 0 Å². The minimum atomic E-state index is 0.167. The Hall–Kier alpha value is -2.60. The normalized spacial score (nSPS) is 9.55. The Labute approximate surface area is 135 Å². The van der Waals surface area contributed by atoms with Crippen LogP contribution in [-0.2, 0) is 4.79 Å². The van der Waals surface area contributed by atoms with Crippen LogP contribution in [0.3, 0.4) is 0 Å². The first kappa shape index (κ1) is 17.5. The molecular formula is C16H18N4OS. The molecule has 0 saturated carbocycles. The standard InChI is InChI=1S/C13H12N4S.C3H6O/c18-13(16-14-11-7-3-1-4-8-11)17-15-12-9-5-2-6-10-12;1-3(2)4/h1-10,14H,(H,16,18);1-2H3/b17-15+;. The minimum absolute atomic E-state index is 0.167. The Morgan fingerprint density at radius 1 is 0.955 bits per heavy atom. The number of thiocarbonyl (C=S) groups is 1. The number of hydrogen-bond donors (Lipinski definition) is 2. The van der Waals surface area contributed by atoms with Gasteiger partial charge in [-0.3, -0.25) is 10.9 Å². The highest BCUT2D eigenvalue weighted by molar-refractivity contribution is 7.80. The monoisotopic (exact) mass is 314 g/mol. The van der Waals surface area contributed by atoms with E-state index in [9.17, 15) is 4.79 Å². The molecular weight excluding hydrogens is 296 g/mol. The number of benzene rings is 2. The molecule has 5 nitrogen and oxygen atoms in total. The van der Waals surface area contributed by atoms with Crippen molar-refractivity contribution in [1.82, 2.24) is 5.43 Å². The molecule has 114 valence electrons. The van der Waals surface area contributed by atoms with E-state index in [2.05, 4.69) is 21.1 Å². The summed E-state index contributed by atoms with van der Waals surface area (Å²) >= 11 is 5.02. The van der Waals surface area contributed by atoms with Crippen molar-refractivity contribution in [3.63, 3.8) is 0 Å². The maximum absolute atomic E-state index is 9.44. The van der Waals surface area contributed by atoms with Gasteiger partial charge in [-0.1, -0.05) is 36.4 Å². The molecule has 0 spiro atoms. The number of hydrazine groups is 1. The van der Waals surface area contributed by atoms with Gasteiger partial charge in [0.25, 0.3) is 0 Å². The van der Waals surface area contributed by atoms with E-state index in [-0.39, 0.29) is 10.9 Å². The summed E-state index contributed by atoms with van der Waals surface area (Å²) in [6.07, 6.45) is 0. The van der Waals surface area contributed by atoms with Crippen molar-refractivity contribution < 1.29 is 4.79 Å². The minimum Gasteiger partial charge on any atom is -0.300 e. The van der Waals surface area contributed by atoms with Crippen molar-refractivity contribution >= 4 is 34.5 Å². The highest BCUT2D eigenvalue weighted by Gasteiger charge is 1.93. The number of ketones is 1. The molecule has 0 aliphatic rings. The third kappa shape index (κ3) is 8.55. The fourth-order valence-corrected chi connectivity index (χ4v) is 1.36. The summed E-state index contributed by atoms with van der Waals surface area (Å²) in [5.74, 6) is 0.167. The number of nitrogens with one attached hydrogen (secondary N) is 2. The van der Waals surface area contributed by atoms with Gasteiger partial charge in [0, 0.05) is 0 Å². The van der Waals surface area contributed by atoms with Crippen LogP contribution in [0.1, 0.15) is 13.8 Å². The van der Waals surface area contributed by atoms with Gasteiger partial charge in [-0.2, -0.15) is 0 Å². The van der Waals surface area contributed by atoms with Gasteiger partial charge in [0.1, 0.15) is 5.78 Å². The Morgan fingerprint density at radius 2 is 1.45 bits per heavy atom. The van der Waals surface area contributed by atoms with Crippen LogP contribution in [0.25, 0.3) is 0 Å². The van der Waals surface area contributed by atoms with E-state index < -0.39 is 0 Å². The lowest BCUT2D eigenvalue weighted by molar-refractivity contribution is -0.114. The number of Topliss-reactive ketones (excluding diaryl/α,β-unsaturated/α-hetero) is 1. The van der Waals surface area contributed by atoms with Crippen LogP contribution >= 0.6 is 12.2 Å². The lowest BCUT2D eigenvalue weighted by Gasteiger charge is -2.06. The lowest BCUT2D eigenvalue weighted by Crippen LogP contribution is -2.25. The van der Waals surface area contributed by atoms with E-state index in [4.69, 9.17) is 12.2 Å². The van der Waals surface area contributed by atoms with Crippen molar-refractivity contribution in [2.75, 3.05) is 5.43 Å². The summed E-state index contributed by atoms with van der Waals surface area (Å²) in [6.45, 7) is 3.06. The van der Waals surface area contributed by atoms with Crippen LogP contribution in [-0.4, -0.2) is 10.9 Å². The molecule has 2 aromatic rings. The second kappa shape index (κ2) is 10.2. The Bertz CT molecular complexity index is 611. The second-order valence-corrected chi connectivity index (χ2v) is 4.75. The molecule has 2 N–H and O–H groups in total. The highest BCUT2D eigenvalue weighted by Crippen LogP contribution is 2.10. The molecule has 0 atom stereocenters. The third-order valence-electron chi connectivity index (χ3n) is 2.10. The van der Waals surface area contributed by atoms with Crippen molar-refractivity contribution in [1.29, 1.82) is 0 Å². The molecule has 0 radical (unpaired) electrons. The quantitative estimate of drug-likeness (QED) is 0.504. The molecule has 0 unspecified atom stereocenters. The Morgan fingerprint density at radius 3 is 2.00 bits per heavy atom. The van der Waals surface area contributed by atoms with E-state index in [1.54, 1.807) is 0 Å². The first-order valence-electron chi connectivity index (χ1n) is 6.63. The van der Waals surface area contributed by atoms with Crippen LogP contribution < -0.4 is 10.9 Å². The number of carbonyl (C=O) groups excluding carboxylic acids is 1. The predicted octanol–water partition coefficient (Wildman–Crippen LogP) is 4.27.